The number of benzene rings is 1. The number of hydrogen-bond acceptors (Lipinski definition) is 6. The molecule has 0 bridgehead atoms. The summed E-state index contributed by atoms with van der Waals surface area (Å²) in [5.74, 6) is 1.09. The van der Waals surface area contributed by atoms with Crippen LogP contribution in [0.25, 0.3) is 0 Å². The minimum absolute atomic E-state index is 0.0621. The van der Waals surface area contributed by atoms with Gasteiger partial charge in [0.15, 0.2) is 0 Å². The van der Waals surface area contributed by atoms with Gasteiger partial charge in [0, 0.05) is 17.7 Å². The molecule has 0 fully saturated rings. The molecule has 0 aliphatic rings. The maximum atomic E-state index is 10.8. The summed E-state index contributed by atoms with van der Waals surface area (Å²) in [6.07, 6.45) is 1.29. The summed E-state index contributed by atoms with van der Waals surface area (Å²) >= 11 is 0. The molecule has 2 N–H and O–H groups in total. The van der Waals surface area contributed by atoms with Gasteiger partial charge in [-0.1, -0.05) is 0 Å². The van der Waals surface area contributed by atoms with Crippen LogP contribution < -0.4 is 10.5 Å². The number of anilines is 1. The van der Waals surface area contributed by atoms with Gasteiger partial charge in [0.25, 0.3) is 5.69 Å². The Bertz CT molecular complexity index is 643. The van der Waals surface area contributed by atoms with Crippen LogP contribution in [0.2, 0.25) is 0 Å². The number of nitrogens with zero attached hydrogens (tertiary/aromatic N) is 3. The molecule has 0 aliphatic carbocycles. The Morgan fingerprint density at radius 1 is 1.21 bits per heavy atom. The molecular formula is C12H12N4O3. The first-order valence-corrected chi connectivity index (χ1v) is 5.48. The average Bonchev–Trinajstić information content (AvgIpc) is 2.33. The summed E-state index contributed by atoms with van der Waals surface area (Å²) in [6, 6.07) is 4.55. The van der Waals surface area contributed by atoms with Crippen LogP contribution in [0.5, 0.6) is 11.6 Å². The van der Waals surface area contributed by atoms with Crippen molar-refractivity contribution in [3.05, 3.63) is 45.8 Å². The monoisotopic (exact) mass is 260 g/mol. The predicted octanol–water partition coefficient (Wildman–Crippen LogP) is 2.38. The van der Waals surface area contributed by atoms with Crippen LogP contribution in [0.3, 0.4) is 0 Å². The quantitative estimate of drug-likeness (QED) is 0.671. The predicted molar refractivity (Wildman–Crippen MR) is 69.1 cm³/mol. The van der Waals surface area contributed by atoms with Crippen molar-refractivity contribution in [2.45, 2.75) is 13.8 Å². The van der Waals surface area contributed by atoms with E-state index in [0.29, 0.717) is 28.6 Å². The molecular weight excluding hydrogens is 248 g/mol. The Labute approximate surface area is 109 Å². The van der Waals surface area contributed by atoms with Crippen LogP contribution in [0.1, 0.15) is 11.1 Å². The maximum Gasteiger partial charge on any atom is 0.272 e. The van der Waals surface area contributed by atoms with Gasteiger partial charge >= 0.3 is 0 Å². The third-order valence-electron chi connectivity index (χ3n) is 2.57. The number of nitrogen functional groups attached to an aromatic ring is 1. The van der Waals surface area contributed by atoms with E-state index < -0.39 is 4.92 Å². The lowest BCUT2D eigenvalue weighted by Crippen LogP contribution is -1.97. The molecule has 0 aliphatic heterocycles. The zero-order valence-corrected chi connectivity index (χ0v) is 10.5. The molecule has 0 atom stereocenters. The Kier molecular flexibility index (Phi) is 3.28. The third-order valence-corrected chi connectivity index (χ3v) is 2.57. The first kappa shape index (κ1) is 12.7. The van der Waals surface area contributed by atoms with Crippen molar-refractivity contribution in [1.82, 2.24) is 9.97 Å². The van der Waals surface area contributed by atoms with Gasteiger partial charge < -0.3 is 10.5 Å². The Balaban J connectivity index is 2.36. The lowest BCUT2D eigenvalue weighted by atomic mass is 10.1. The van der Waals surface area contributed by atoms with Gasteiger partial charge in [0.2, 0.25) is 5.88 Å². The summed E-state index contributed by atoms with van der Waals surface area (Å²) < 4.78 is 5.55. The van der Waals surface area contributed by atoms with E-state index in [2.05, 4.69) is 9.97 Å². The van der Waals surface area contributed by atoms with Crippen molar-refractivity contribution in [3.8, 4) is 11.6 Å². The minimum atomic E-state index is -0.422. The SMILES string of the molecule is Cc1cc([N+](=O)[O-])c(C)cc1Oc1cc(N)ncn1. The van der Waals surface area contributed by atoms with Gasteiger partial charge in [-0.2, -0.15) is 0 Å². The second-order valence-corrected chi connectivity index (χ2v) is 4.04. The van der Waals surface area contributed by atoms with Gasteiger partial charge in [-0.05, 0) is 25.5 Å². The Morgan fingerprint density at radius 2 is 1.95 bits per heavy atom. The van der Waals surface area contributed by atoms with E-state index in [1.807, 2.05) is 0 Å². The largest absolute Gasteiger partial charge is 0.439 e. The van der Waals surface area contributed by atoms with Crippen LogP contribution in [-0.4, -0.2) is 14.9 Å². The normalized spacial score (nSPS) is 10.2. The summed E-state index contributed by atoms with van der Waals surface area (Å²) in [6.45, 7) is 3.38. The number of nitro benzene ring substituents is 1. The number of aryl methyl sites for hydroxylation is 2. The molecule has 0 unspecified atom stereocenters. The molecule has 0 radical (unpaired) electrons. The standard InChI is InChI=1S/C12H12N4O3/c1-7-4-10(8(2)3-9(7)16(17)18)19-12-5-11(13)14-6-15-12/h3-6H,1-2H3,(H2,13,14,15). The first-order valence-electron chi connectivity index (χ1n) is 5.48. The van der Waals surface area contributed by atoms with E-state index in [-0.39, 0.29) is 5.69 Å². The summed E-state index contributed by atoms with van der Waals surface area (Å²) in [4.78, 5) is 18.1. The highest BCUT2D eigenvalue weighted by Crippen LogP contribution is 2.30. The highest BCUT2D eigenvalue weighted by molar-refractivity contribution is 5.50. The lowest BCUT2D eigenvalue weighted by molar-refractivity contribution is -0.385. The molecule has 7 nitrogen and oxygen atoms in total. The maximum absolute atomic E-state index is 10.8. The van der Waals surface area contributed by atoms with E-state index in [9.17, 15) is 10.1 Å². The summed E-state index contributed by atoms with van der Waals surface area (Å²) in [5, 5.41) is 10.8. The number of nitrogens with two attached hydrogens (primary N) is 1. The Morgan fingerprint density at radius 3 is 2.58 bits per heavy atom. The van der Waals surface area contributed by atoms with E-state index in [1.54, 1.807) is 19.9 Å². The van der Waals surface area contributed by atoms with Crippen molar-refractivity contribution in [3.63, 3.8) is 0 Å². The molecule has 1 heterocycles. The number of nitro groups is 1. The van der Waals surface area contributed by atoms with Gasteiger partial charge in [0.1, 0.15) is 17.9 Å². The zero-order chi connectivity index (χ0) is 14.0. The minimum Gasteiger partial charge on any atom is -0.439 e. The molecule has 1 aromatic carbocycles. The van der Waals surface area contributed by atoms with Crippen molar-refractivity contribution in [2.75, 3.05) is 5.73 Å². The molecule has 7 heteroatoms. The van der Waals surface area contributed by atoms with Crippen LogP contribution in [0, 0.1) is 24.0 Å². The van der Waals surface area contributed by atoms with E-state index >= 15 is 0 Å². The van der Waals surface area contributed by atoms with Gasteiger partial charge in [-0.3, -0.25) is 10.1 Å². The molecule has 0 amide bonds. The van der Waals surface area contributed by atoms with Gasteiger partial charge in [0.05, 0.1) is 4.92 Å². The highest BCUT2D eigenvalue weighted by atomic mass is 16.6. The van der Waals surface area contributed by atoms with Crippen molar-refractivity contribution >= 4 is 11.5 Å². The summed E-state index contributed by atoms with van der Waals surface area (Å²) in [7, 11) is 0. The molecule has 2 rings (SSSR count). The van der Waals surface area contributed by atoms with Crippen molar-refractivity contribution < 1.29 is 9.66 Å². The lowest BCUT2D eigenvalue weighted by Gasteiger charge is -2.09. The van der Waals surface area contributed by atoms with Crippen LogP contribution >= 0.6 is 0 Å². The first-order chi connectivity index (χ1) is 8.97. The fourth-order valence-electron chi connectivity index (χ4n) is 1.60. The van der Waals surface area contributed by atoms with Crippen molar-refractivity contribution in [1.29, 1.82) is 0 Å². The van der Waals surface area contributed by atoms with Crippen LogP contribution in [0.4, 0.5) is 11.5 Å². The fraction of sp³-hybridized carbons (Fsp3) is 0.167. The van der Waals surface area contributed by atoms with Crippen LogP contribution in [0.15, 0.2) is 24.5 Å². The number of rotatable bonds is 3. The fourth-order valence-corrected chi connectivity index (χ4v) is 1.60. The Hall–Kier alpha value is -2.70. The average molecular weight is 260 g/mol. The third kappa shape index (κ3) is 2.76. The van der Waals surface area contributed by atoms with E-state index in [0.717, 1.165) is 0 Å². The number of ether oxygens (including phenoxy) is 1. The molecule has 98 valence electrons. The van der Waals surface area contributed by atoms with E-state index in [4.69, 9.17) is 10.5 Å². The molecule has 0 saturated heterocycles. The number of hydrogen-bond donors (Lipinski definition) is 1. The van der Waals surface area contributed by atoms with Gasteiger partial charge in [-0.25, -0.2) is 9.97 Å². The molecule has 0 spiro atoms. The smallest absolute Gasteiger partial charge is 0.272 e. The van der Waals surface area contributed by atoms with Gasteiger partial charge in [-0.15, -0.1) is 0 Å². The molecule has 2 aromatic rings. The van der Waals surface area contributed by atoms with E-state index in [1.165, 1.54) is 18.5 Å². The summed E-state index contributed by atoms with van der Waals surface area (Å²) in [5.41, 5.74) is 6.75. The number of aromatic nitrogens is 2. The molecule has 1 aromatic heterocycles. The second-order valence-electron chi connectivity index (χ2n) is 4.04. The highest BCUT2D eigenvalue weighted by Gasteiger charge is 2.14. The van der Waals surface area contributed by atoms with Crippen molar-refractivity contribution in [2.24, 2.45) is 0 Å². The van der Waals surface area contributed by atoms with Crippen LogP contribution in [-0.2, 0) is 0 Å². The molecule has 19 heavy (non-hydrogen) atoms. The topological polar surface area (TPSA) is 104 Å². The molecule has 0 saturated carbocycles. The zero-order valence-electron chi connectivity index (χ0n) is 10.5. The second kappa shape index (κ2) is 4.89.